The van der Waals surface area contributed by atoms with E-state index < -0.39 is 0 Å². The highest BCUT2D eigenvalue weighted by atomic mass is 32.2. The highest BCUT2D eigenvalue weighted by molar-refractivity contribution is 7.97. The summed E-state index contributed by atoms with van der Waals surface area (Å²) in [5.41, 5.74) is 0. The van der Waals surface area contributed by atoms with Gasteiger partial charge in [-0.1, -0.05) is 0 Å². The third-order valence-corrected chi connectivity index (χ3v) is 4.58. The van der Waals surface area contributed by atoms with Gasteiger partial charge in [0.2, 0.25) is 0 Å². The normalized spacial score (nSPS) is 10.6. The van der Waals surface area contributed by atoms with Crippen molar-refractivity contribution in [2.45, 2.75) is 35.5 Å². The third-order valence-electron chi connectivity index (χ3n) is 3.50. The highest BCUT2D eigenvalue weighted by Gasteiger charge is 1.97. The minimum Gasteiger partial charge on any atom is -0.494 e. The molecule has 0 aromatic heterocycles. The van der Waals surface area contributed by atoms with Crippen LogP contribution in [-0.2, 0) is 0 Å². The summed E-state index contributed by atoms with van der Waals surface area (Å²) in [7, 11) is 0. The molecule has 2 aromatic rings. The molecule has 0 aliphatic heterocycles. The van der Waals surface area contributed by atoms with Crippen molar-refractivity contribution in [3.8, 4) is 11.5 Å². The molecule has 2 rings (SSSR count). The van der Waals surface area contributed by atoms with Crippen molar-refractivity contribution in [2.24, 2.45) is 10.3 Å². The molecular weight excluding hydrogens is 340 g/mol. The Labute approximate surface area is 152 Å². The average molecular weight is 365 g/mol. The van der Waals surface area contributed by atoms with Crippen LogP contribution in [0.2, 0.25) is 0 Å². The van der Waals surface area contributed by atoms with Crippen LogP contribution in [0.4, 0.5) is 0 Å². The van der Waals surface area contributed by atoms with Crippen LogP contribution in [0.15, 0.2) is 58.3 Å². The first-order valence-electron chi connectivity index (χ1n) is 8.01. The van der Waals surface area contributed by atoms with Crippen molar-refractivity contribution in [1.29, 1.82) is 0 Å². The number of ether oxygens (including phenoxy) is 2. The Bertz CT molecular complexity index is 523. The lowest BCUT2D eigenvalue weighted by Gasteiger charge is -2.08. The lowest BCUT2D eigenvalue weighted by atomic mass is 10.2. The zero-order chi connectivity index (χ0) is 17.0. The van der Waals surface area contributed by atoms with E-state index in [2.05, 4.69) is 0 Å². The predicted octanol–water partition coefficient (Wildman–Crippen LogP) is 4.64. The van der Waals surface area contributed by atoms with Crippen molar-refractivity contribution >= 4 is 23.9 Å². The molecule has 0 atom stereocenters. The van der Waals surface area contributed by atoms with Crippen molar-refractivity contribution in [3.63, 3.8) is 0 Å². The fourth-order valence-electron chi connectivity index (χ4n) is 2.17. The Morgan fingerprint density at radius 2 is 0.958 bits per heavy atom. The zero-order valence-electron chi connectivity index (χ0n) is 13.6. The minimum absolute atomic E-state index is 0.744. The van der Waals surface area contributed by atoms with E-state index in [9.17, 15) is 0 Å². The first-order chi connectivity index (χ1) is 11.8. The largest absolute Gasteiger partial charge is 0.494 e. The monoisotopic (exact) mass is 364 g/mol. The standard InChI is InChI=1S/C18H24N2O2S2/c19-23-17-9-5-15(6-10-17)21-13-3-1-2-4-14-22-16-7-11-18(24-20)12-8-16/h5-12H,1-4,13-14,19-20H2. The lowest BCUT2D eigenvalue weighted by Crippen LogP contribution is -2.00. The van der Waals surface area contributed by atoms with Crippen LogP contribution >= 0.6 is 23.9 Å². The molecule has 0 aliphatic rings. The van der Waals surface area contributed by atoms with Crippen LogP contribution in [-0.4, -0.2) is 13.2 Å². The van der Waals surface area contributed by atoms with E-state index in [-0.39, 0.29) is 0 Å². The van der Waals surface area contributed by atoms with Crippen molar-refractivity contribution < 1.29 is 9.47 Å². The summed E-state index contributed by atoms with van der Waals surface area (Å²) in [6, 6.07) is 15.7. The van der Waals surface area contributed by atoms with Gasteiger partial charge in [0.05, 0.1) is 13.2 Å². The number of benzene rings is 2. The highest BCUT2D eigenvalue weighted by Crippen LogP contribution is 2.18. The molecule has 0 unspecified atom stereocenters. The summed E-state index contributed by atoms with van der Waals surface area (Å²) in [4.78, 5) is 2.08. The first kappa shape index (κ1) is 19.0. The molecule has 6 heteroatoms. The van der Waals surface area contributed by atoms with E-state index in [0.29, 0.717) is 0 Å². The summed E-state index contributed by atoms with van der Waals surface area (Å²) < 4.78 is 11.4. The average Bonchev–Trinajstić information content (AvgIpc) is 2.65. The smallest absolute Gasteiger partial charge is 0.119 e. The van der Waals surface area contributed by atoms with Gasteiger partial charge in [-0.2, -0.15) is 0 Å². The summed E-state index contributed by atoms with van der Waals surface area (Å²) in [5.74, 6) is 1.80. The first-order valence-corrected chi connectivity index (χ1v) is 9.77. The third kappa shape index (κ3) is 7.05. The quantitative estimate of drug-likeness (QED) is 0.447. The van der Waals surface area contributed by atoms with Gasteiger partial charge in [-0.15, -0.1) is 0 Å². The topological polar surface area (TPSA) is 70.5 Å². The zero-order valence-corrected chi connectivity index (χ0v) is 15.3. The molecule has 130 valence electrons. The van der Waals surface area contributed by atoms with Gasteiger partial charge in [-0.05, 0) is 98.1 Å². The second kappa shape index (κ2) is 11.3. The van der Waals surface area contributed by atoms with E-state index in [4.69, 9.17) is 19.8 Å². The molecule has 0 radical (unpaired) electrons. The molecule has 0 saturated carbocycles. The number of hydrogen-bond donors (Lipinski definition) is 2. The van der Waals surface area contributed by atoms with Crippen molar-refractivity contribution in [2.75, 3.05) is 13.2 Å². The summed E-state index contributed by atoms with van der Waals surface area (Å²) >= 11 is 2.49. The second-order valence-electron chi connectivity index (χ2n) is 5.29. The van der Waals surface area contributed by atoms with Crippen LogP contribution in [0, 0.1) is 0 Å². The maximum atomic E-state index is 5.71. The van der Waals surface area contributed by atoms with Crippen molar-refractivity contribution in [3.05, 3.63) is 48.5 Å². The molecule has 0 saturated heterocycles. The number of hydrogen-bond acceptors (Lipinski definition) is 6. The van der Waals surface area contributed by atoms with Gasteiger partial charge in [0.25, 0.3) is 0 Å². The maximum Gasteiger partial charge on any atom is 0.119 e. The van der Waals surface area contributed by atoms with E-state index in [1.807, 2.05) is 48.5 Å². The maximum absolute atomic E-state index is 5.71. The molecule has 0 amide bonds. The van der Waals surface area contributed by atoms with Crippen LogP contribution in [0.25, 0.3) is 0 Å². The Morgan fingerprint density at radius 3 is 1.29 bits per heavy atom. The van der Waals surface area contributed by atoms with Crippen LogP contribution in [0.5, 0.6) is 11.5 Å². The number of nitrogens with two attached hydrogens (primary N) is 2. The molecule has 0 aliphatic carbocycles. The van der Waals surface area contributed by atoms with Gasteiger partial charge >= 0.3 is 0 Å². The minimum atomic E-state index is 0.744. The van der Waals surface area contributed by atoms with E-state index in [1.54, 1.807) is 0 Å². The lowest BCUT2D eigenvalue weighted by molar-refractivity contribution is 0.287. The SMILES string of the molecule is NSc1ccc(OCCCCCCOc2ccc(SN)cc2)cc1. The molecule has 0 fully saturated rings. The van der Waals surface area contributed by atoms with E-state index in [0.717, 1.165) is 60.2 Å². The van der Waals surface area contributed by atoms with E-state index in [1.165, 1.54) is 23.9 Å². The Kier molecular flexibility index (Phi) is 8.91. The fraction of sp³-hybridized carbons (Fsp3) is 0.333. The predicted molar refractivity (Wildman–Crippen MR) is 102 cm³/mol. The molecule has 0 heterocycles. The van der Waals surface area contributed by atoms with Gasteiger partial charge in [0.1, 0.15) is 11.5 Å². The molecule has 24 heavy (non-hydrogen) atoms. The van der Waals surface area contributed by atoms with E-state index >= 15 is 0 Å². The summed E-state index contributed by atoms with van der Waals surface area (Å²) in [5, 5.41) is 11.0. The van der Waals surface area contributed by atoms with Gasteiger partial charge in [0, 0.05) is 9.79 Å². The molecule has 2 aromatic carbocycles. The summed E-state index contributed by atoms with van der Waals surface area (Å²) in [6.45, 7) is 1.49. The van der Waals surface area contributed by atoms with Crippen LogP contribution < -0.4 is 19.8 Å². The van der Waals surface area contributed by atoms with Crippen LogP contribution in [0.3, 0.4) is 0 Å². The van der Waals surface area contributed by atoms with Crippen molar-refractivity contribution in [1.82, 2.24) is 0 Å². The second-order valence-corrected chi connectivity index (χ2v) is 6.70. The Balaban J connectivity index is 1.48. The van der Waals surface area contributed by atoms with Gasteiger partial charge in [0.15, 0.2) is 0 Å². The number of rotatable bonds is 11. The molecule has 0 bridgehead atoms. The number of unbranched alkanes of at least 4 members (excludes halogenated alkanes) is 3. The Morgan fingerprint density at radius 1 is 0.583 bits per heavy atom. The Hall–Kier alpha value is -1.34. The van der Waals surface area contributed by atoms with Crippen LogP contribution in [0.1, 0.15) is 25.7 Å². The molecule has 4 nitrogen and oxygen atoms in total. The molecule has 0 spiro atoms. The van der Waals surface area contributed by atoms with Gasteiger partial charge < -0.3 is 9.47 Å². The molecular formula is C18H24N2O2S2. The fourth-order valence-corrected chi connectivity index (χ4v) is 2.75. The van der Waals surface area contributed by atoms with Gasteiger partial charge in [-0.25, -0.2) is 0 Å². The van der Waals surface area contributed by atoms with Gasteiger partial charge in [-0.3, -0.25) is 10.3 Å². The molecule has 4 N–H and O–H groups in total. The summed E-state index contributed by atoms with van der Waals surface area (Å²) in [6.07, 6.45) is 4.39.